The lowest BCUT2D eigenvalue weighted by Crippen LogP contribution is -2.00. The first-order valence-corrected chi connectivity index (χ1v) is 7.82. The van der Waals surface area contributed by atoms with E-state index in [2.05, 4.69) is 36.2 Å². The minimum absolute atomic E-state index is 0.237. The minimum Gasteiger partial charge on any atom is -0.338 e. The van der Waals surface area contributed by atoms with Crippen LogP contribution >= 0.6 is 15.9 Å². The molecule has 0 unspecified atom stereocenters. The molecule has 0 aliphatic heterocycles. The number of hydrogen-bond acceptors (Lipinski definition) is 4. The van der Waals surface area contributed by atoms with Gasteiger partial charge in [-0.2, -0.15) is 0 Å². The lowest BCUT2D eigenvalue weighted by molar-refractivity contribution is 0.630. The minimum atomic E-state index is -0.477. The van der Waals surface area contributed by atoms with Crippen LogP contribution in [0, 0.1) is 18.6 Å². The number of anilines is 2. The molecule has 24 heavy (non-hydrogen) atoms. The SMILES string of the molecule is Cc1cn2cc(Nc3ncnc4cc(Br)cc(F)c34)cc(F)c2n1. The molecule has 4 aromatic rings. The van der Waals surface area contributed by atoms with Crippen LogP contribution in [0.1, 0.15) is 5.69 Å². The molecule has 0 fully saturated rings. The van der Waals surface area contributed by atoms with E-state index in [9.17, 15) is 8.78 Å². The molecular weight excluding hydrogens is 380 g/mol. The van der Waals surface area contributed by atoms with Crippen molar-refractivity contribution >= 4 is 44.0 Å². The molecule has 0 aliphatic carbocycles. The van der Waals surface area contributed by atoms with Gasteiger partial charge in [0.25, 0.3) is 0 Å². The molecule has 1 N–H and O–H groups in total. The van der Waals surface area contributed by atoms with Crippen LogP contribution in [-0.4, -0.2) is 19.4 Å². The summed E-state index contributed by atoms with van der Waals surface area (Å²) in [6.07, 6.45) is 4.70. The van der Waals surface area contributed by atoms with Gasteiger partial charge in [-0.1, -0.05) is 15.9 Å². The Morgan fingerprint density at radius 3 is 2.75 bits per heavy atom. The van der Waals surface area contributed by atoms with Crippen LogP contribution in [0.4, 0.5) is 20.3 Å². The van der Waals surface area contributed by atoms with Crippen LogP contribution in [0.3, 0.4) is 0 Å². The molecule has 0 spiro atoms. The summed E-state index contributed by atoms with van der Waals surface area (Å²) in [4.78, 5) is 12.3. The number of nitrogens with zero attached hydrogens (tertiary/aromatic N) is 4. The van der Waals surface area contributed by atoms with E-state index in [0.29, 0.717) is 21.4 Å². The maximum Gasteiger partial charge on any atom is 0.173 e. The predicted octanol–water partition coefficient (Wildman–Crippen LogP) is 4.37. The molecule has 0 amide bonds. The molecular formula is C16H10BrF2N5. The first kappa shape index (κ1) is 14.9. The van der Waals surface area contributed by atoms with Crippen molar-refractivity contribution in [3.63, 3.8) is 0 Å². The van der Waals surface area contributed by atoms with Crippen molar-refractivity contribution in [3.8, 4) is 0 Å². The van der Waals surface area contributed by atoms with Gasteiger partial charge in [0.05, 0.1) is 22.3 Å². The van der Waals surface area contributed by atoms with Crippen LogP contribution in [-0.2, 0) is 0 Å². The highest BCUT2D eigenvalue weighted by Crippen LogP contribution is 2.29. The quantitative estimate of drug-likeness (QED) is 0.552. The van der Waals surface area contributed by atoms with Gasteiger partial charge in [-0.05, 0) is 19.1 Å². The summed E-state index contributed by atoms with van der Waals surface area (Å²) >= 11 is 3.23. The number of halogens is 3. The third-order valence-corrected chi connectivity index (χ3v) is 4.00. The smallest absolute Gasteiger partial charge is 0.173 e. The van der Waals surface area contributed by atoms with Crippen LogP contribution in [0.25, 0.3) is 16.6 Å². The van der Waals surface area contributed by atoms with Gasteiger partial charge in [0, 0.05) is 22.9 Å². The van der Waals surface area contributed by atoms with Crippen LogP contribution < -0.4 is 5.32 Å². The molecule has 0 radical (unpaired) electrons. The van der Waals surface area contributed by atoms with Gasteiger partial charge in [0.15, 0.2) is 11.5 Å². The summed E-state index contributed by atoms with van der Waals surface area (Å²) in [6, 6.07) is 4.32. The number of aryl methyl sites for hydroxylation is 1. The van der Waals surface area contributed by atoms with Gasteiger partial charge in [0.1, 0.15) is 18.0 Å². The average molecular weight is 390 g/mol. The Kier molecular flexibility index (Phi) is 3.42. The van der Waals surface area contributed by atoms with Gasteiger partial charge < -0.3 is 9.72 Å². The Morgan fingerprint density at radius 2 is 1.92 bits per heavy atom. The van der Waals surface area contributed by atoms with Gasteiger partial charge in [-0.25, -0.2) is 23.7 Å². The standard InChI is InChI=1S/C16H10BrF2N5/c1-8-5-24-6-10(4-12(19)16(24)22-8)23-15-14-11(18)2-9(17)3-13(14)20-7-21-15/h2-7H,1H3,(H,20,21,23). The van der Waals surface area contributed by atoms with Crippen LogP contribution in [0.15, 0.2) is 41.4 Å². The second-order valence-electron chi connectivity index (χ2n) is 5.32. The number of fused-ring (bicyclic) bond motifs is 2. The van der Waals surface area contributed by atoms with Gasteiger partial charge in [-0.3, -0.25) is 0 Å². The van der Waals surface area contributed by atoms with Crippen molar-refractivity contribution < 1.29 is 8.78 Å². The van der Waals surface area contributed by atoms with Gasteiger partial charge in [0.2, 0.25) is 0 Å². The lowest BCUT2D eigenvalue weighted by atomic mass is 10.2. The summed E-state index contributed by atoms with van der Waals surface area (Å²) in [5, 5.41) is 3.19. The summed E-state index contributed by atoms with van der Waals surface area (Å²) in [5.74, 6) is -0.683. The molecule has 120 valence electrons. The van der Waals surface area contributed by atoms with E-state index in [1.807, 2.05) is 0 Å². The monoisotopic (exact) mass is 389 g/mol. The average Bonchev–Trinajstić information content (AvgIpc) is 2.87. The predicted molar refractivity (Wildman–Crippen MR) is 90.4 cm³/mol. The molecule has 0 saturated carbocycles. The lowest BCUT2D eigenvalue weighted by Gasteiger charge is -2.10. The van der Waals surface area contributed by atoms with Crippen molar-refractivity contribution in [2.75, 3.05) is 5.32 Å². The van der Waals surface area contributed by atoms with Crippen LogP contribution in [0.2, 0.25) is 0 Å². The van der Waals surface area contributed by atoms with Crippen LogP contribution in [0.5, 0.6) is 0 Å². The summed E-state index contributed by atoms with van der Waals surface area (Å²) < 4.78 is 30.6. The first-order chi connectivity index (χ1) is 11.5. The Balaban J connectivity index is 1.85. The van der Waals surface area contributed by atoms with Crippen molar-refractivity contribution in [2.24, 2.45) is 0 Å². The number of hydrogen-bond donors (Lipinski definition) is 1. The zero-order chi connectivity index (χ0) is 16.8. The summed E-state index contributed by atoms with van der Waals surface area (Å²) in [5.41, 5.74) is 1.81. The number of aromatic nitrogens is 4. The van der Waals surface area contributed by atoms with E-state index in [1.165, 1.54) is 18.5 Å². The highest BCUT2D eigenvalue weighted by molar-refractivity contribution is 9.10. The fraction of sp³-hybridized carbons (Fsp3) is 0.0625. The van der Waals surface area contributed by atoms with Crippen molar-refractivity contribution in [1.82, 2.24) is 19.4 Å². The Bertz CT molecular complexity index is 1090. The fourth-order valence-corrected chi connectivity index (χ4v) is 3.01. The second-order valence-corrected chi connectivity index (χ2v) is 6.23. The zero-order valence-electron chi connectivity index (χ0n) is 12.4. The Morgan fingerprint density at radius 1 is 1.08 bits per heavy atom. The van der Waals surface area contributed by atoms with E-state index in [4.69, 9.17) is 0 Å². The molecule has 3 aromatic heterocycles. The molecule has 0 saturated heterocycles. The van der Waals surface area contributed by atoms with E-state index in [-0.39, 0.29) is 16.9 Å². The highest BCUT2D eigenvalue weighted by Gasteiger charge is 2.12. The third-order valence-electron chi connectivity index (χ3n) is 3.54. The third kappa shape index (κ3) is 2.48. The maximum atomic E-state index is 14.3. The molecule has 1 aromatic carbocycles. The number of pyridine rings is 1. The highest BCUT2D eigenvalue weighted by atomic mass is 79.9. The van der Waals surface area contributed by atoms with Crippen molar-refractivity contribution in [2.45, 2.75) is 6.92 Å². The van der Waals surface area contributed by atoms with Gasteiger partial charge >= 0.3 is 0 Å². The summed E-state index contributed by atoms with van der Waals surface area (Å²) in [7, 11) is 0. The number of rotatable bonds is 2. The molecule has 0 aliphatic rings. The topological polar surface area (TPSA) is 55.1 Å². The maximum absolute atomic E-state index is 14.3. The van der Waals surface area contributed by atoms with E-state index in [0.717, 1.165) is 0 Å². The molecule has 5 nitrogen and oxygen atoms in total. The van der Waals surface area contributed by atoms with E-state index < -0.39 is 11.6 Å². The molecule has 8 heteroatoms. The number of imidazole rings is 1. The van der Waals surface area contributed by atoms with E-state index in [1.54, 1.807) is 29.8 Å². The molecule has 3 heterocycles. The molecule has 0 atom stereocenters. The summed E-state index contributed by atoms with van der Waals surface area (Å²) in [6.45, 7) is 1.78. The fourth-order valence-electron chi connectivity index (χ4n) is 2.59. The molecule has 4 rings (SSSR count). The Hall–Kier alpha value is -2.61. The van der Waals surface area contributed by atoms with E-state index >= 15 is 0 Å². The second kappa shape index (κ2) is 5.48. The zero-order valence-corrected chi connectivity index (χ0v) is 14.0. The Labute approximate surface area is 143 Å². The molecule has 0 bridgehead atoms. The van der Waals surface area contributed by atoms with Crippen molar-refractivity contribution in [3.05, 3.63) is 58.7 Å². The normalized spacial score (nSPS) is 11.3. The first-order valence-electron chi connectivity index (χ1n) is 7.03. The van der Waals surface area contributed by atoms with Crippen molar-refractivity contribution in [1.29, 1.82) is 0 Å². The largest absolute Gasteiger partial charge is 0.338 e. The van der Waals surface area contributed by atoms with Gasteiger partial charge in [-0.15, -0.1) is 0 Å². The number of nitrogens with one attached hydrogen (secondary N) is 1. The number of benzene rings is 1.